The van der Waals surface area contributed by atoms with Crippen molar-refractivity contribution in [1.82, 2.24) is 0 Å². The molecule has 0 unspecified atom stereocenters. The lowest BCUT2D eigenvalue weighted by Gasteiger charge is -2.05. The van der Waals surface area contributed by atoms with Crippen molar-refractivity contribution >= 4 is 22.4 Å². The zero-order valence-electron chi connectivity index (χ0n) is 13.2. The third kappa shape index (κ3) is 3.15. The Bertz CT molecular complexity index is 1050. The minimum absolute atomic E-state index is 0.201. The summed E-state index contributed by atoms with van der Waals surface area (Å²) < 4.78 is 18.6. The first-order chi connectivity index (χ1) is 12.2. The lowest BCUT2D eigenvalue weighted by Crippen LogP contribution is -2.10. The van der Waals surface area contributed by atoms with E-state index in [0.717, 1.165) is 10.8 Å². The summed E-state index contributed by atoms with van der Waals surface area (Å²) in [7, 11) is 0. The van der Waals surface area contributed by atoms with E-state index in [9.17, 15) is 9.18 Å². The normalized spacial score (nSPS) is 10.8. The van der Waals surface area contributed by atoms with E-state index in [1.807, 2.05) is 42.5 Å². The number of benzene rings is 3. The first-order valence-electron chi connectivity index (χ1n) is 7.85. The second kappa shape index (κ2) is 6.24. The Hall–Kier alpha value is -3.40. The minimum atomic E-state index is -0.330. The fourth-order valence-electron chi connectivity index (χ4n) is 2.69. The van der Waals surface area contributed by atoms with Gasteiger partial charge in [-0.25, -0.2) is 4.39 Å². The maximum Gasteiger partial charge on any atom is 0.291 e. The molecule has 0 atom stereocenters. The van der Waals surface area contributed by atoms with Gasteiger partial charge < -0.3 is 9.73 Å². The number of anilines is 1. The molecule has 1 aromatic heterocycles. The highest BCUT2D eigenvalue weighted by atomic mass is 19.1. The van der Waals surface area contributed by atoms with Gasteiger partial charge in [0.25, 0.3) is 5.91 Å². The van der Waals surface area contributed by atoms with Crippen LogP contribution in [-0.4, -0.2) is 5.91 Å². The van der Waals surface area contributed by atoms with Gasteiger partial charge in [-0.15, -0.1) is 0 Å². The lowest BCUT2D eigenvalue weighted by molar-refractivity contribution is 0.0997. The fourth-order valence-corrected chi connectivity index (χ4v) is 2.69. The van der Waals surface area contributed by atoms with Gasteiger partial charge in [0.1, 0.15) is 11.6 Å². The molecule has 0 aliphatic heterocycles. The zero-order chi connectivity index (χ0) is 17.2. The van der Waals surface area contributed by atoms with Gasteiger partial charge in [-0.1, -0.05) is 30.3 Å². The highest BCUT2D eigenvalue weighted by Crippen LogP contribution is 2.24. The molecule has 0 aliphatic rings. The van der Waals surface area contributed by atoms with Gasteiger partial charge in [0.15, 0.2) is 5.76 Å². The van der Waals surface area contributed by atoms with Crippen LogP contribution in [-0.2, 0) is 0 Å². The Labute approximate surface area is 143 Å². The molecule has 4 heteroatoms. The standard InChI is InChI=1S/C21H14FNO2/c22-17-8-5-15(6-9-17)19-11-12-20(25-19)21(24)23-18-10-7-14-3-1-2-4-16(14)13-18/h1-13H,(H,23,24). The Morgan fingerprint density at radius 2 is 1.60 bits per heavy atom. The largest absolute Gasteiger partial charge is 0.451 e. The summed E-state index contributed by atoms with van der Waals surface area (Å²) in [5.41, 5.74) is 1.41. The summed E-state index contributed by atoms with van der Waals surface area (Å²) in [4.78, 5) is 12.4. The number of halogens is 1. The molecule has 4 aromatic rings. The molecule has 0 bridgehead atoms. The molecule has 3 nitrogen and oxygen atoms in total. The van der Waals surface area contributed by atoms with E-state index in [1.54, 1.807) is 24.3 Å². The van der Waals surface area contributed by atoms with Crippen LogP contribution in [0.4, 0.5) is 10.1 Å². The van der Waals surface area contributed by atoms with E-state index >= 15 is 0 Å². The number of hydrogen-bond acceptors (Lipinski definition) is 2. The third-order valence-electron chi connectivity index (χ3n) is 3.97. The predicted molar refractivity (Wildman–Crippen MR) is 96.0 cm³/mol. The van der Waals surface area contributed by atoms with Gasteiger partial charge in [-0.3, -0.25) is 4.79 Å². The number of furan rings is 1. The number of hydrogen-bond donors (Lipinski definition) is 1. The van der Waals surface area contributed by atoms with Crippen LogP contribution in [0.1, 0.15) is 10.6 Å². The lowest BCUT2D eigenvalue weighted by atomic mass is 10.1. The first kappa shape index (κ1) is 15.1. The van der Waals surface area contributed by atoms with E-state index < -0.39 is 0 Å². The van der Waals surface area contributed by atoms with E-state index in [0.29, 0.717) is 17.0 Å². The second-order valence-electron chi connectivity index (χ2n) is 5.69. The molecule has 0 fully saturated rings. The quantitative estimate of drug-likeness (QED) is 0.539. The SMILES string of the molecule is O=C(Nc1ccc2ccccc2c1)c1ccc(-c2ccc(F)cc2)o1. The van der Waals surface area contributed by atoms with Crippen LogP contribution in [0.15, 0.2) is 83.3 Å². The van der Waals surface area contributed by atoms with Gasteiger partial charge in [0.05, 0.1) is 0 Å². The molecular formula is C21H14FNO2. The summed E-state index contributed by atoms with van der Waals surface area (Å²) in [5.74, 6) is 0.0735. The van der Waals surface area contributed by atoms with Crippen molar-refractivity contribution in [3.63, 3.8) is 0 Å². The summed E-state index contributed by atoms with van der Waals surface area (Å²) in [5, 5.41) is 4.99. The van der Waals surface area contributed by atoms with E-state index in [2.05, 4.69) is 5.32 Å². The van der Waals surface area contributed by atoms with Crippen molar-refractivity contribution < 1.29 is 13.6 Å². The van der Waals surface area contributed by atoms with Crippen molar-refractivity contribution in [2.24, 2.45) is 0 Å². The van der Waals surface area contributed by atoms with Gasteiger partial charge in [-0.2, -0.15) is 0 Å². The van der Waals surface area contributed by atoms with Crippen LogP contribution in [0.5, 0.6) is 0 Å². The maximum absolute atomic E-state index is 13.0. The summed E-state index contributed by atoms with van der Waals surface area (Å²) in [6, 6.07) is 22.9. The Kier molecular flexibility index (Phi) is 3.78. The second-order valence-corrected chi connectivity index (χ2v) is 5.69. The number of amides is 1. The molecule has 0 spiro atoms. The highest BCUT2D eigenvalue weighted by molar-refractivity contribution is 6.03. The number of carbonyl (C=O) groups excluding carboxylic acids is 1. The molecule has 0 radical (unpaired) electrons. The maximum atomic E-state index is 13.0. The molecule has 4 rings (SSSR count). The molecule has 1 N–H and O–H groups in total. The average molecular weight is 331 g/mol. The van der Waals surface area contributed by atoms with Gasteiger partial charge in [-0.05, 0) is 59.3 Å². The van der Waals surface area contributed by atoms with Crippen molar-refractivity contribution in [3.8, 4) is 11.3 Å². The van der Waals surface area contributed by atoms with Crippen LogP contribution in [0.3, 0.4) is 0 Å². The molecule has 25 heavy (non-hydrogen) atoms. The zero-order valence-corrected chi connectivity index (χ0v) is 13.2. The molecule has 3 aromatic carbocycles. The highest BCUT2D eigenvalue weighted by Gasteiger charge is 2.13. The molecule has 0 aliphatic carbocycles. The molecule has 1 amide bonds. The summed E-state index contributed by atoms with van der Waals surface area (Å²) in [6.07, 6.45) is 0. The minimum Gasteiger partial charge on any atom is -0.451 e. The van der Waals surface area contributed by atoms with Crippen molar-refractivity contribution in [2.45, 2.75) is 0 Å². The van der Waals surface area contributed by atoms with Gasteiger partial charge in [0, 0.05) is 11.3 Å². The van der Waals surface area contributed by atoms with Crippen molar-refractivity contribution in [2.75, 3.05) is 5.32 Å². The molecule has 0 saturated heterocycles. The Balaban J connectivity index is 1.55. The van der Waals surface area contributed by atoms with Crippen LogP contribution in [0, 0.1) is 5.82 Å². The number of carbonyl (C=O) groups is 1. The van der Waals surface area contributed by atoms with E-state index in [4.69, 9.17) is 4.42 Å². The van der Waals surface area contributed by atoms with Crippen molar-refractivity contribution in [1.29, 1.82) is 0 Å². The first-order valence-corrected chi connectivity index (χ1v) is 7.85. The fraction of sp³-hybridized carbons (Fsp3) is 0. The summed E-state index contributed by atoms with van der Waals surface area (Å²) in [6.45, 7) is 0. The summed E-state index contributed by atoms with van der Waals surface area (Å²) >= 11 is 0. The van der Waals surface area contributed by atoms with E-state index in [-0.39, 0.29) is 17.5 Å². The molecule has 1 heterocycles. The van der Waals surface area contributed by atoms with Gasteiger partial charge in [0.2, 0.25) is 0 Å². The third-order valence-corrected chi connectivity index (χ3v) is 3.97. The molecule has 122 valence electrons. The Morgan fingerprint density at radius 1 is 0.840 bits per heavy atom. The Morgan fingerprint density at radius 3 is 2.40 bits per heavy atom. The van der Waals surface area contributed by atoms with Crippen LogP contribution in [0.2, 0.25) is 0 Å². The van der Waals surface area contributed by atoms with Crippen LogP contribution in [0.25, 0.3) is 22.1 Å². The number of fused-ring (bicyclic) bond motifs is 1. The number of nitrogens with one attached hydrogen (secondary N) is 1. The molecular weight excluding hydrogens is 317 g/mol. The van der Waals surface area contributed by atoms with Crippen LogP contribution < -0.4 is 5.32 Å². The van der Waals surface area contributed by atoms with Crippen molar-refractivity contribution in [3.05, 3.63) is 90.4 Å². The smallest absolute Gasteiger partial charge is 0.291 e. The van der Waals surface area contributed by atoms with Crippen LogP contribution >= 0.6 is 0 Å². The predicted octanol–water partition coefficient (Wildman–Crippen LogP) is 5.49. The average Bonchev–Trinajstić information content (AvgIpc) is 3.12. The topological polar surface area (TPSA) is 42.2 Å². The van der Waals surface area contributed by atoms with E-state index in [1.165, 1.54) is 12.1 Å². The monoisotopic (exact) mass is 331 g/mol. The molecule has 0 saturated carbocycles. The van der Waals surface area contributed by atoms with Gasteiger partial charge >= 0.3 is 0 Å². The number of rotatable bonds is 3.